The van der Waals surface area contributed by atoms with Crippen LogP contribution in [0.1, 0.15) is 116 Å². The van der Waals surface area contributed by atoms with E-state index in [1.807, 2.05) is 19.9 Å². The van der Waals surface area contributed by atoms with E-state index in [1.165, 1.54) is 25.3 Å². The highest BCUT2D eigenvalue weighted by Crippen LogP contribution is 2.45. The molecular formula is C37H44N4O4. The molecule has 0 aromatic carbocycles. The molecule has 0 aliphatic carbocycles. The number of hydrogen-bond acceptors (Lipinski definition) is 6. The minimum absolute atomic E-state index is 0.0372. The lowest BCUT2D eigenvalue weighted by Crippen LogP contribution is -2.17. The summed E-state index contributed by atoms with van der Waals surface area (Å²) in [5.41, 5.74) is 14.4. The van der Waals surface area contributed by atoms with Gasteiger partial charge in [0.25, 0.3) is 0 Å². The number of H-pyrrole nitrogens is 2. The molecule has 3 aromatic rings. The molecule has 45 heavy (non-hydrogen) atoms. The number of esters is 2. The zero-order valence-corrected chi connectivity index (χ0v) is 27.9. The van der Waals surface area contributed by atoms with Crippen molar-refractivity contribution < 1.29 is 19.1 Å². The summed E-state index contributed by atoms with van der Waals surface area (Å²) in [5.74, 6) is -1.45. The third-order valence-corrected chi connectivity index (χ3v) is 9.85. The van der Waals surface area contributed by atoms with Gasteiger partial charge in [-0.15, -0.1) is 0 Å². The number of rotatable bonds is 7. The molecule has 8 nitrogen and oxygen atoms in total. The van der Waals surface area contributed by atoms with Crippen molar-refractivity contribution in [1.29, 1.82) is 0 Å². The van der Waals surface area contributed by atoms with Crippen LogP contribution in [0.4, 0.5) is 0 Å². The SMILES string of the molecule is C=Cc1c(C)c2cc3nc(c(C(C)C(=O)OC)c4nc(cc5[nH]c(cc1[nH]2)c(C)c5CC)C(C)=C4C)C(CCC(=O)OC)C3C. The van der Waals surface area contributed by atoms with Crippen molar-refractivity contribution in [3.63, 3.8) is 0 Å². The molecule has 3 unspecified atom stereocenters. The maximum Gasteiger partial charge on any atom is 0.313 e. The van der Waals surface area contributed by atoms with Crippen LogP contribution in [-0.2, 0) is 25.5 Å². The van der Waals surface area contributed by atoms with Gasteiger partial charge in [0.2, 0.25) is 0 Å². The fraction of sp³-hybridized carbons (Fsp3) is 0.405. The third-order valence-electron chi connectivity index (χ3n) is 9.85. The Labute approximate surface area is 265 Å². The van der Waals surface area contributed by atoms with Gasteiger partial charge in [0.05, 0.1) is 37.2 Å². The average molecular weight is 609 g/mol. The predicted molar refractivity (Wildman–Crippen MR) is 181 cm³/mol. The number of allylic oxidation sites excluding steroid dienone is 2. The van der Waals surface area contributed by atoms with Crippen molar-refractivity contribution in [2.75, 3.05) is 14.2 Å². The summed E-state index contributed by atoms with van der Waals surface area (Å²) in [4.78, 5) is 43.3. The molecule has 0 spiro atoms. The second kappa shape index (κ2) is 12.5. The number of carbonyl (C=O) groups excluding carboxylic acids is 2. The van der Waals surface area contributed by atoms with E-state index in [9.17, 15) is 9.59 Å². The second-order valence-corrected chi connectivity index (χ2v) is 12.2. The molecule has 3 atom stereocenters. The zero-order chi connectivity index (χ0) is 32.7. The monoisotopic (exact) mass is 608 g/mol. The quantitative estimate of drug-likeness (QED) is 0.262. The van der Waals surface area contributed by atoms with E-state index in [0.29, 0.717) is 6.42 Å². The first kappa shape index (κ1) is 31.9. The van der Waals surface area contributed by atoms with Gasteiger partial charge >= 0.3 is 11.9 Å². The maximum absolute atomic E-state index is 13.2. The van der Waals surface area contributed by atoms with Crippen molar-refractivity contribution in [3.05, 3.63) is 75.4 Å². The summed E-state index contributed by atoms with van der Waals surface area (Å²) in [6.07, 6.45) is 3.50. The molecule has 8 heteroatoms. The van der Waals surface area contributed by atoms with E-state index in [0.717, 1.165) is 79.1 Å². The molecule has 3 aromatic heterocycles. The van der Waals surface area contributed by atoms with Gasteiger partial charge in [-0.25, -0.2) is 4.98 Å². The van der Waals surface area contributed by atoms with Gasteiger partial charge in [0, 0.05) is 57.1 Å². The zero-order valence-electron chi connectivity index (χ0n) is 27.9. The topological polar surface area (TPSA) is 110 Å². The molecule has 0 radical (unpaired) electrons. The number of aromatic amines is 2. The van der Waals surface area contributed by atoms with Gasteiger partial charge in [0.1, 0.15) is 0 Å². The predicted octanol–water partition coefficient (Wildman–Crippen LogP) is 8.20. The summed E-state index contributed by atoms with van der Waals surface area (Å²) in [6, 6.07) is 6.36. The largest absolute Gasteiger partial charge is 0.469 e. The molecule has 0 saturated carbocycles. The molecule has 2 aliphatic heterocycles. The molecule has 0 saturated heterocycles. The van der Waals surface area contributed by atoms with Gasteiger partial charge in [-0.1, -0.05) is 26.5 Å². The Kier molecular flexibility index (Phi) is 8.88. The van der Waals surface area contributed by atoms with Gasteiger partial charge in [0.15, 0.2) is 0 Å². The van der Waals surface area contributed by atoms with E-state index in [-0.39, 0.29) is 30.2 Å². The van der Waals surface area contributed by atoms with Crippen LogP contribution < -0.4 is 0 Å². The average Bonchev–Trinajstić information content (AvgIpc) is 3.69. The lowest BCUT2D eigenvalue weighted by atomic mass is 9.82. The van der Waals surface area contributed by atoms with Crippen molar-refractivity contribution in [2.24, 2.45) is 0 Å². The summed E-state index contributed by atoms with van der Waals surface area (Å²) in [7, 11) is 2.81. The van der Waals surface area contributed by atoms with Crippen molar-refractivity contribution in [1.82, 2.24) is 19.9 Å². The van der Waals surface area contributed by atoms with Crippen molar-refractivity contribution in [3.8, 4) is 0 Å². The first-order valence-electron chi connectivity index (χ1n) is 15.7. The molecule has 5 rings (SSSR count). The molecule has 2 aliphatic rings. The molecule has 2 N–H and O–H groups in total. The molecule has 8 bridgehead atoms. The molecule has 0 amide bonds. The van der Waals surface area contributed by atoms with Crippen LogP contribution in [0.15, 0.2) is 24.8 Å². The maximum atomic E-state index is 13.2. The number of fused-ring (bicyclic) bond motifs is 8. The van der Waals surface area contributed by atoms with Gasteiger partial charge in [-0.3, -0.25) is 14.6 Å². The van der Waals surface area contributed by atoms with Crippen LogP contribution in [0, 0.1) is 13.8 Å². The number of methoxy groups -OCH3 is 2. The second-order valence-electron chi connectivity index (χ2n) is 12.2. The van der Waals surface area contributed by atoms with Crippen LogP contribution in [-0.4, -0.2) is 46.1 Å². The Morgan fingerprint density at radius 1 is 0.956 bits per heavy atom. The van der Waals surface area contributed by atoms with E-state index >= 15 is 0 Å². The standard InChI is InChI=1S/C37H44N4O4/c1-11-24-20(5)28-15-30-22(7)26(13-14-33(42)44-9)36(41-30)34(23(8)37(43)45-10)35-19(4)18(3)27(40-35)16-31-25(12-2)21(6)29(39-31)17-32(24)38-28/h11,15-17,22-23,26,38-39H,1,12-14H2,2-10H3. The fourth-order valence-electron chi connectivity index (χ4n) is 6.86. The number of ether oxygens (including phenoxy) is 2. The fourth-order valence-corrected chi connectivity index (χ4v) is 6.86. The normalized spacial score (nSPS) is 16.9. The third kappa shape index (κ3) is 5.51. The number of aromatic nitrogens is 4. The van der Waals surface area contributed by atoms with Crippen LogP contribution in [0.5, 0.6) is 0 Å². The minimum Gasteiger partial charge on any atom is -0.469 e. The van der Waals surface area contributed by atoms with E-state index < -0.39 is 5.92 Å². The first-order chi connectivity index (χ1) is 21.4. The highest BCUT2D eigenvalue weighted by molar-refractivity contribution is 5.94. The smallest absolute Gasteiger partial charge is 0.313 e. The van der Waals surface area contributed by atoms with E-state index in [2.05, 4.69) is 69.4 Å². The van der Waals surface area contributed by atoms with E-state index in [4.69, 9.17) is 19.4 Å². The van der Waals surface area contributed by atoms with Crippen LogP contribution in [0.25, 0.3) is 39.3 Å². The Bertz CT molecular complexity index is 1910. The van der Waals surface area contributed by atoms with Gasteiger partial charge in [-0.2, -0.15) is 0 Å². The number of hydrogen-bond donors (Lipinski definition) is 2. The Balaban J connectivity index is 2.00. The van der Waals surface area contributed by atoms with Crippen LogP contribution in [0.3, 0.4) is 0 Å². The van der Waals surface area contributed by atoms with Crippen LogP contribution in [0.2, 0.25) is 0 Å². The Morgan fingerprint density at radius 3 is 2.29 bits per heavy atom. The highest BCUT2D eigenvalue weighted by Gasteiger charge is 2.36. The molecular weight excluding hydrogens is 564 g/mol. The van der Waals surface area contributed by atoms with E-state index in [1.54, 1.807) is 0 Å². The molecule has 236 valence electrons. The minimum atomic E-state index is -0.632. The lowest BCUT2D eigenvalue weighted by Gasteiger charge is -2.20. The number of carbonyl (C=O) groups is 2. The summed E-state index contributed by atoms with van der Waals surface area (Å²) >= 11 is 0. The Hall–Kier alpha value is -4.46. The lowest BCUT2D eigenvalue weighted by molar-refractivity contribution is -0.142. The van der Waals surface area contributed by atoms with Gasteiger partial charge in [-0.05, 0) is 93.5 Å². The van der Waals surface area contributed by atoms with Crippen molar-refractivity contribution >= 4 is 51.2 Å². The number of aryl methyl sites for hydroxylation is 3. The Morgan fingerprint density at radius 2 is 1.64 bits per heavy atom. The van der Waals surface area contributed by atoms with Crippen molar-refractivity contribution in [2.45, 2.75) is 85.5 Å². The number of nitrogens with zero attached hydrogens (tertiary/aromatic N) is 2. The highest BCUT2D eigenvalue weighted by atomic mass is 16.5. The summed E-state index contributed by atoms with van der Waals surface area (Å²) < 4.78 is 10.3. The summed E-state index contributed by atoms with van der Waals surface area (Å²) in [5, 5.41) is 0. The number of nitrogens with one attached hydrogen (secondary N) is 2. The molecule has 5 heterocycles. The van der Waals surface area contributed by atoms with Crippen LogP contribution >= 0.6 is 0 Å². The molecule has 0 fully saturated rings. The van der Waals surface area contributed by atoms with Gasteiger partial charge < -0.3 is 19.4 Å². The first-order valence-corrected chi connectivity index (χ1v) is 15.7. The summed E-state index contributed by atoms with van der Waals surface area (Å²) in [6.45, 7) is 18.6.